The second-order valence-electron chi connectivity index (χ2n) is 2.73. The van der Waals surface area contributed by atoms with E-state index in [-0.39, 0.29) is 0 Å². The van der Waals surface area contributed by atoms with Crippen molar-refractivity contribution in [3.8, 4) is 0 Å². The number of alkyl halides is 1. The molecular formula is C8H7BrClFO2S. The Labute approximate surface area is 94.6 Å². The molecule has 1 atom stereocenters. The van der Waals surface area contributed by atoms with Crippen LogP contribution in [0.15, 0.2) is 28.7 Å². The summed E-state index contributed by atoms with van der Waals surface area (Å²) in [5, 5.41) is 0. The highest BCUT2D eigenvalue weighted by Gasteiger charge is 2.17. The molecule has 0 bridgehead atoms. The van der Waals surface area contributed by atoms with Crippen LogP contribution in [0.1, 0.15) is 11.7 Å². The first-order valence-corrected chi connectivity index (χ1v) is 6.97. The predicted octanol–water partition coefficient (Wildman–Crippen LogP) is 3.03. The lowest BCUT2D eigenvalue weighted by Gasteiger charge is -2.06. The van der Waals surface area contributed by atoms with Crippen molar-refractivity contribution in [2.24, 2.45) is 0 Å². The van der Waals surface area contributed by atoms with Crippen LogP contribution in [0.25, 0.3) is 0 Å². The quantitative estimate of drug-likeness (QED) is 0.804. The Balaban J connectivity index is 2.85. The van der Waals surface area contributed by atoms with Gasteiger partial charge in [0.25, 0.3) is 0 Å². The van der Waals surface area contributed by atoms with Gasteiger partial charge in [0.05, 0.1) is 0 Å². The molecule has 1 unspecified atom stereocenters. The fourth-order valence-electron chi connectivity index (χ4n) is 0.972. The summed E-state index contributed by atoms with van der Waals surface area (Å²) in [6.45, 7) is 0. The van der Waals surface area contributed by atoms with Crippen LogP contribution in [-0.2, 0) is 9.05 Å². The molecule has 78 valence electrons. The molecule has 0 N–H and O–H groups in total. The molecule has 0 aliphatic rings. The Hall–Kier alpha value is -0.130. The van der Waals surface area contributed by atoms with Gasteiger partial charge in [0.15, 0.2) is 0 Å². The van der Waals surface area contributed by atoms with Crippen molar-refractivity contribution in [1.82, 2.24) is 0 Å². The van der Waals surface area contributed by atoms with E-state index in [0.717, 1.165) is 0 Å². The lowest BCUT2D eigenvalue weighted by molar-refractivity contribution is 0.375. The van der Waals surface area contributed by atoms with Crippen LogP contribution >= 0.6 is 26.6 Å². The van der Waals surface area contributed by atoms with Crippen LogP contribution < -0.4 is 0 Å². The van der Waals surface area contributed by atoms with Crippen LogP contribution in [0.3, 0.4) is 0 Å². The van der Waals surface area contributed by atoms with E-state index < -0.39 is 21.0 Å². The zero-order valence-electron chi connectivity index (χ0n) is 6.95. The molecular weight excluding hydrogens is 295 g/mol. The average molecular weight is 302 g/mol. The van der Waals surface area contributed by atoms with Gasteiger partial charge in [0.1, 0.15) is 11.9 Å². The van der Waals surface area contributed by atoms with Crippen LogP contribution in [0, 0.1) is 0 Å². The Bertz CT molecular complexity index is 421. The van der Waals surface area contributed by atoms with Gasteiger partial charge in [-0.3, -0.25) is 0 Å². The van der Waals surface area contributed by atoms with Gasteiger partial charge in [-0.15, -0.1) is 0 Å². The van der Waals surface area contributed by atoms with Crippen molar-refractivity contribution in [3.05, 3.63) is 34.3 Å². The molecule has 0 aliphatic carbocycles. The summed E-state index contributed by atoms with van der Waals surface area (Å²) in [7, 11) is 1.14. The lowest BCUT2D eigenvalue weighted by atomic mass is 10.1. The topological polar surface area (TPSA) is 34.1 Å². The summed E-state index contributed by atoms with van der Waals surface area (Å²) in [6.07, 6.45) is -1.59. The average Bonchev–Trinajstić information content (AvgIpc) is 2.01. The number of benzene rings is 1. The third-order valence-corrected chi connectivity index (χ3v) is 3.12. The fraction of sp³-hybridized carbons (Fsp3) is 0.250. The minimum atomic E-state index is -3.80. The number of hydrogen-bond donors (Lipinski definition) is 0. The van der Waals surface area contributed by atoms with E-state index >= 15 is 0 Å². The molecule has 0 heterocycles. The summed E-state index contributed by atoms with van der Waals surface area (Å²) in [5.74, 6) is -0.703. The molecule has 1 aromatic rings. The third-order valence-electron chi connectivity index (χ3n) is 1.56. The molecule has 6 heteroatoms. The van der Waals surface area contributed by atoms with Gasteiger partial charge in [-0.1, -0.05) is 28.1 Å². The Morgan fingerprint density at radius 2 is 2.14 bits per heavy atom. The van der Waals surface area contributed by atoms with Crippen molar-refractivity contribution in [3.63, 3.8) is 0 Å². The summed E-state index contributed by atoms with van der Waals surface area (Å²) < 4.78 is 35.3. The lowest BCUT2D eigenvalue weighted by Crippen LogP contribution is -2.05. The van der Waals surface area contributed by atoms with Crippen LogP contribution in [-0.4, -0.2) is 14.2 Å². The third kappa shape index (κ3) is 3.94. The van der Waals surface area contributed by atoms with E-state index in [4.69, 9.17) is 10.7 Å². The Morgan fingerprint density at radius 3 is 2.64 bits per heavy atom. The molecule has 1 rings (SSSR count). The number of hydrogen-bond acceptors (Lipinski definition) is 2. The maximum atomic E-state index is 13.3. The van der Waals surface area contributed by atoms with Gasteiger partial charge in [0, 0.05) is 15.2 Å². The largest absolute Gasteiger partial charge is 0.241 e. The van der Waals surface area contributed by atoms with E-state index in [1.54, 1.807) is 12.1 Å². The fourth-order valence-corrected chi connectivity index (χ4v) is 2.26. The van der Waals surface area contributed by atoms with Crippen LogP contribution in [0.4, 0.5) is 4.39 Å². The molecule has 14 heavy (non-hydrogen) atoms. The van der Waals surface area contributed by atoms with Crippen molar-refractivity contribution in [2.45, 2.75) is 6.17 Å². The molecule has 0 saturated heterocycles. The van der Waals surface area contributed by atoms with Gasteiger partial charge in [-0.05, 0) is 17.7 Å². The second-order valence-corrected chi connectivity index (χ2v) is 6.47. The Morgan fingerprint density at radius 1 is 1.50 bits per heavy atom. The van der Waals surface area contributed by atoms with Crippen LogP contribution in [0.2, 0.25) is 0 Å². The first kappa shape index (κ1) is 11.9. The normalized spacial score (nSPS) is 13.9. The van der Waals surface area contributed by atoms with Gasteiger partial charge < -0.3 is 0 Å². The number of rotatable bonds is 3. The smallest absolute Gasteiger partial charge is 0.235 e. The zero-order valence-corrected chi connectivity index (χ0v) is 10.1. The first-order valence-electron chi connectivity index (χ1n) is 3.70. The van der Waals surface area contributed by atoms with E-state index in [2.05, 4.69) is 15.9 Å². The number of halogens is 3. The summed E-state index contributed by atoms with van der Waals surface area (Å²) in [5.41, 5.74) is 0.295. The molecule has 0 fully saturated rings. The first-order chi connectivity index (χ1) is 6.38. The highest BCUT2D eigenvalue weighted by molar-refractivity contribution is 9.10. The van der Waals surface area contributed by atoms with Gasteiger partial charge >= 0.3 is 0 Å². The standard InChI is InChI=1S/C8H7BrClFO2S/c9-7-3-1-2-6(4-7)8(11)5-14(10,12)13/h1-4,8H,5H2. The Kier molecular flexibility index (Phi) is 3.92. The highest BCUT2D eigenvalue weighted by atomic mass is 79.9. The van der Waals surface area contributed by atoms with E-state index in [1.807, 2.05) is 0 Å². The van der Waals surface area contributed by atoms with E-state index in [9.17, 15) is 12.8 Å². The SMILES string of the molecule is O=S(=O)(Cl)CC(F)c1cccc(Br)c1. The minimum Gasteiger partial charge on any atom is -0.241 e. The second kappa shape index (κ2) is 4.59. The molecule has 0 aromatic heterocycles. The van der Waals surface area contributed by atoms with Gasteiger partial charge in [-0.2, -0.15) is 0 Å². The monoisotopic (exact) mass is 300 g/mol. The van der Waals surface area contributed by atoms with Gasteiger partial charge in [0.2, 0.25) is 9.05 Å². The molecule has 0 aliphatic heterocycles. The van der Waals surface area contributed by atoms with Crippen molar-refractivity contribution in [1.29, 1.82) is 0 Å². The summed E-state index contributed by atoms with van der Waals surface area (Å²) in [4.78, 5) is 0. The molecule has 2 nitrogen and oxygen atoms in total. The van der Waals surface area contributed by atoms with Crippen molar-refractivity contribution < 1.29 is 12.8 Å². The maximum Gasteiger partial charge on any atom is 0.235 e. The maximum absolute atomic E-state index is 13.3. The predicted molar refractivity (Wildman–Crippen MR) is 57.6 cm³/mol. The van der Waals surface area contributed by atoms with Crippen LogP contribution in [0.5, 0.6) is 0 Å². The van der Waals surface area contributed by atoms with Gasteiger partial charge in [-0.25, -0.2) is 12.8 Å². The van der Waals surface area contributed by atoms with Crippen molar-refractivity contribution in [2.75, 3.05) is 5.75 Å². The summed E-state index contributed by atoms with van der Waals surface area (Å²) >= 11 is 3.16. The van der Waals surface area contributed by atoms with Crippen molar-refractivity contribution >= 4 is 35.7 Å². The molecule has 0 radical (unpaired) electrons. The molecule has 0 amide bonds. The molecule has 0 saturated carbocycles. The van der Waals surface area contributed by atoms with E-state index in [0.29, 0.717) is 10.0 Å². The highest BCUT2D eigenvalue weighted by Crippen LogP contribution is 2.23. The molecule has 0 spiro atoms. The molecule has 1 aromatic carbocycles. The zero-order chi connectivity index (χ0) is 10.8. The summed E-state index contributed by atoms with van der Waals surface area (Å²) in [6, 6.07) is 6.39. The van der Waals surface area contributed by atoms with E-state index in [1.165, 1.54) is 12.1 Å². The minimum absolute atomic E-state index is 0.295.